The Kier molecular flexibility index (Phi) is 5.01. The van der Waals surface area contributed by atoms with Gasteiger partial charge in [0.1, 0.15) is 17.2 Å². The zero-order chi connectivity index (χ0) is 16.9. The van der Waals surface area contributed by atoms with Crippen molar-refractivity contribution in [3.8, 4) is 17.2 Å². The van der Waals surface area contributed by atoms with Crippen LogP contribution in [0.5, 0.6) is 17.2 Å². The van der Waals surface area contributed by atoms with Gasteiger partial charge in [0.2, 0.25) is 0 Å². The van der Waals surface area contributed by atoms with Gasteiger partial charge in [-0.2, -0.15) is 0 Å². The molecule has 0 aromatic heterocycles. The van der Waals surface area contributed by atoms with Crippen LogP contribution in [0.15, 0.2) is 42.5 Å². The lowest BCUT2D eigenvalue weighted by Gasteiger charge is -2.27. The molecule has 0 radical (unpaired) electrons. The number of nitrogens with zero attached hydrogens (tertiary/aromatic N) is 1. The van der Waals surface area contributed by atoms with Crippen LogP contribution in [0.1, 0.15) is 15.9 Å². The van der Waals surface area contributed by atoms with Gasteiger partial charge in [0.05, 0.1) is 7.11 Å². The molecule has 0 unspecified atom stereocenters. The lowest BCUT2D eigenvalue weighted by Crippen LogP contribution is -2.46. The van der Waals surface area contributed by atoms with Crippen molar-refractivity contribution in [1.29, 1.82) is 0 Å². The fourth-order valence-corrected chi connectivity index (χ4v) is 2.72. The van der Waals surface area contributed by atoms with Crippen LogP contribution in [-0.2, 0) is 0 Å². The minimum Gasteiger partial charge on any atom is -0.497 e. The van der Waals surface area contributed by atoms with Crippen molar-refractivity contribution in [2.75, 3.05) is 33.3 Å². The molecule has 1 N–H and O–H groups in total. The van der Waals surface area contributed by atoms with E-state index in [2.05, 4.69) is 5.32 Å². The summed E-state index contributed by atoms with van der Waals surface area (Å²) >= 11 is 0. The number of benzene rings is 2. The Morgan fingerprint density at radius 1 is 1.04 bits per heavy atom. The Bertz CT molecular complexity index is 707. The Morgan fingerprint density at radius 2 is 1.71 bits per heavy atom. The van der Waals surface area contributed by atoms with E-state index in [1.54, 1.807) is 7.11 Å². The third-order valence-electron chi connectivity index (χ3n) is 4.11. The molecule has 2 aromatic rings. The molecule has 2 aromatic carbocycles. The molecule has 1 aliphatic rings. The summed E-state index contributed by atoms with van der Waals surface area (Å²) < 4.78 is 11.0. The first-order chi connectivity index (χ1) is 11.7. The van der Waals surface area contributed by atoms with Gasteiger partial charge in [0, 0.05) is 31.7 Å². The van der Waals surface area contributed by atoms with Crippen LogP contribution in [0.4, 0.5) is 0 Å². The van der Waals surface area contributed by atoms with E-state index in [4.69, 9.17) is 9.47 Å². The highest BCUT2D eigenvalue weighted by Gasteiger charge is 2.18. The van der Waals surface area contributed by atoms with Gasteiger partial charge < -0.3 is 19.7 Å². The van der Waals surface area contributed by atoms with E-state index in [9.17, 15) is 4.79 Å². The molecule has 126 valence electrons. The number of hydrogen-bond donors (Lipinski definition) is 1. The number of hydrogen-bond acceptors (Lipinski definition) is 4. The van der Waals surface area contributed by atoms with Crippen LogP contribution >= 0.6 is 0 Å². The van der Waals surface area contributed by atoms with Gasteiger partial charge in [-0.25, -0.2) is 0 Å². The van der Waals surface area contributed by atoms with Crippen molar-refractivity contribution in [1.82, 2.24) is 10.2 Å². The predicted octanol–water partition coefficient (Wildman–Crippen LogP) is 2.84. The zero-order valence-corrected chi connectivity index (χ0v) is 14.0. The molecule has 0 atom stereocenters. The number of nitrogens with one attached hydrogen (secondary N) is 1. The fourth-order valence-electron chi connectivity index (χ4n) is 2.72. The Balaban J connectivity index is 1.72. The third kappa shape index (κ3) is 3.68. The summed E-state index contributed by atoms with van der Waals surface area (Å²) in [6.07, 6.45) is 0. The molecule has 1 aliphatic heterocycles. The number of piperazine rings is 1. The van der Waals surface area contributed by atoms with Gasteiger partial charge in [-0.1, -0.05) is 0 Å². The van der Waals surface area contributed by atoms with Gasteiger partial charge in [0.25, 0.3) is 5.91 Å². The van der Waals surface area contributed by atoms with E-state index in [1.807, 2.05) is 54.3 Å². The second-order valence-electron chi connectivity index (χ2n) is 5.80. The van der Waals surface area contributed by atoms with Crippen molar-refractivity contribution >= 4 is 5.91 Å². The summed E-state index contributed by atoms with van der Waals surface area (Å²) in [4.78, 5) is 14.4. The largest absolute Gasteiger partial charge is 0.497 e. The topological polar surface area (TPSA) is 50.8 Å². The predicted molar refractivity (Wildman–Crippen MR) is 93.0 cm³/mol. The minimum absolute atomic E-state index is 0.0793. The Hall–Kier alpha value is -2.53. The van der Waals surface area contributed by atoms with Gasteiger partial charge in [-0.15, -0.1) is 0 Å². The number of aryl methyl sites for hydroxylation is 1. The van der Waals surface area contributed by atoms with Gasteiger partial charge in [0.15, 0.2) is 0 Å². The fraction of sp³-hybridized carbons (Fsp3) is 0.316. The van der Waals surface area contributed by atoms with Crippen LogP contribution in [-0.4, -0.2) is 44.1 Å². The minimum atomic E-state index is 0.0793. The first-order valence-corrected chi connectivity index (χ1v) is 8.10. The van der Waals surface area contributed by atoms with Gasteiger partial charge in [-0.05, 0) is 55.0 Å². The molecule has 1 saturated heterocycles. The molecule has 24 heavy (non-hydrogen) atoms. The van der Waals surface area contributed by atoms with E-state index < -0.39 is 0 Å². The molecule has 0 aliphatic carbocycles. The normalized spacial score (nSPS) is 14.3. The average molecular weight is 326 g/mol. The van der Waals surface area contributed by atoms with Crippen molar-refractivity contribution in [3.05, 3.63) is 53.6 Å². The SMILES string of the molecule is COc1ccc(Oc2ccc(C(=O)N3CCNCC3)cc2C)cc1. The standard InChI is InChI=1S/C19H22N2O3/c1-14-13-15(19(22)21-11-9-20-10-12-21)3-8-18(14)24-17-6-4-16(23-2)5-7-17/h3-8,13,20H,9-12H2,1-2H3. The quantitative estimate of drug-likeness (QED) is 0.939. The second kappa shape index (κ2) is 7.36. The molecule has 1 fully saturated rings. The third-order valence-corrected chi connectivity index (χ3v) is 4.11. The number of rotatable bonds is 4. The summed E-state index contributed by atoms with van der Waals surface area (Å²) in [5, 5.41) is 3.25. The molecule has 1 heterocycles. The van der Waals surface area contributed by atoms with E-state index in [0.29, 0.717) is 5.56 Å². The summed E-state index contributed by atoms with van der Waals surface area (Å²) in [6.45, 7) is 5.16. The van der Waals surface area contributed by atoms with Crippen LogP contribution in [0, 0.1) is 6.92 Å². The second-order valence-corrected chi connectivity index (χ2v) is 5.80. The van der Waals surface area contributed by atoms with E-state index in [0.717, 1.165) is 49.0 Å². The van der Waals surface area contributed by atoms with Crippen LogP contribution in [0.25, 0.3) is 0 Å². The number of carbonyl (C=O) groups is 1. The highest BCUT2D eigenvalue weighted by atomic mass is 16.5. The van der Waals surface area contributed by atoms with Crippen molar-refractivity contribution in [2.24, 2.45) is 0 Å². The molecule has 0 saturated carbocycles. The van der Waals surface area contributed by atoms with Crippen LogP contribution in [0.3, 0.4) is 0 Å². The first-order valence-electron chi connectivity index (χ1n) is 8.10. The number of methoxy groups -OCH3 is 1. The maximum absolute atomic E-state index is 12.5. The monoisotopic (exact) mass is 326 g/mol. The smallest absolute Gasteiger partial charge is 0.253 e. The Morgan fingerprint density at radius 3 is 2.33 bits per heavy atom. The molecular weight excluding hydrogens is 304 g/mol. The highest BCUT2D eigenvalue weighted by Crippen LogP contribution is 2.27. The number of ether oxygens (including phenoxy) is 2. The summed E-state index contributed by atoms with van der Waals surface area (Å²) in [7, 11) is 1.63. The molecule has 5 nitrogen and oxygen atoms in total. The Labute approximate surface area is 142 Å². The van der Waals surface area contributed by atoms with Crippen LogP contribution in [0.2, 0.25) is 0 Å². The van der Waals surface area contributed by atoms with Crippen molar-refractivity contribution in [3.63, 3.8) is 0 Å². The van der Waals surface area contributed by atoms with Crippen LogP contribution < -0.4 is 14.8 Å². The molecule has 0 spiro atoms. The number of carbonyl (C=O) groups excluding carboxylic acids is 1. The lowest BCUT2D eigenvalue weighted by molar-refractivity contribution is 0.0735. The average Bonchev–Trinajstić information content (AvgIpc) is 2.64. The first kappa shape index (κ1) is 16.3. The molecule has 3 rings (SSSR count). The number of amides is 1. The van der Waals surface area contributed by atoms with Gasteiger partial charge in [-0.3, -0.25) is 4.79 Å². The van der Waals surface area contributed by atoms with E-state index >= 15 is 0 Å². The molecular formula is C19H22N2O3. The van der Waals surface area contributed by atoms with Gasteiger partial charge >= 0.3 is 0 Å². The highest BCUT2D eigenvalue weighted by molar-refractivity contribution is 5.94. The molecule has 5 heteroatoms. The summed E-state index contributed by atoms with van der Waals surface area (Å²) in [5.41, 5.74) is 1.64. The zero-order valence-electron chi connectivity index (χ0n) is 14.0. The summed E-state index contributed by atoms with van der Waals surface area (Å²) in [5.74, 6) is 2.35. The van der Waals surface area contributed by atoms with Crippen molar-refractivity contribution in [2.45, 2.75) is 6.92 Å². The molecule has 0 bridgehead atoms. The lowest BCUT2D eigenvalue weighted by atomic mass is 10.1. The maximum atomic E-state index is 12.5. The van der Waals surface area contributed by atoms with E-state index in [-0.39, 0.29) is 5.91 Å². The maximum Gasteiger partial charge on any atom is 0.253 e. The molecule has 1 amide bonds. The van der Waals surface area contributed by atoms with Crippen molar-refractivity contribution < 1.29 is 14.3 Å². The van der Waals surface area contributed by atoms with E-state index in [1.165, 1.54) is 0 Å². The summed E-state index contributed by atoms with van der Waals surface area (Å²) in [6, 6.07) is 13.0.